The lowest BCUT2D eigenvalue weighted by Crippen LogP contribution is -2.24. The van der Waals surface area contributed by atoms with Crippen molar-refractivity contribution in [2.45, 2.75) is 26.6 Å². The van der Waals surface area contributed by atoms with Crippen LogP contribution in [0.4, 0.5) is 0 Å². The fourth-order valence-corrected chi connectivity index (χ4v) is 2.94. The van der Waals surface area contributed by atoms with Crippen molar-refractivity contribution in [3.63, 3.8) is 0 Å². The molecular formula is C18H20N4O3. The largest absolute Gasteiger partial charge is 0.468 e. The summed E-state index contributed by atoms with van der Waals surface area (Å²) in [6, 6.07) is 9.85. The van der Waals surface area contributed by atoms with Crippen molar-refractivity contribution < 1.29 is 13.9 Å². The molecule has 7 nitrogen and oxygen atoms in total. The van der Waals surface area contributed by atoms with Gasteiger partial charge in [-0.25, -0.2) is 0 Å². The van der Waals surface area contributed by atoms with Gasteiger partial charge in [-0.15, -0.1) is 10.2 Å². The normalized spacial score (nSPS) is 12.9. The summed E-state index contributed by atoms with van der Waals surface area (Å²) in [6.45, 7) is 4.24. The van der Waals surface area contributed by atoms with E-state index in [1.54, 1.807) is 6.26 Å². The zero-order chi connectivity index (χ0) is 17.2. The van der Waals surface area contributed by atoms with Gasteiger partial charge < -0.3 is 18.5 Å². The lowest BCUT2D eigenvalue weighted by atomic mass is 10.1. The Morgan fingerprint density at radius 3 is 2.76 bits per heavy atom. The molecule has 4 rings (SSSR count). The first-order valence-corrected chi connectivity index (χ1v) is 8.18. The van der Waals surface area contributed by atoms with Crippen molar-refractivity contribution in [1.29, 1.82) is 0 Å². The highest BCUT2D eigenvalue weighted by Gasteiger charge is 2.21. The molecule has 3 heterocycles. The number of aromatic nitrogens is 3. The highest BCUT2D eigenvalue weighted by Crippen LogP contribution is 2.36. The molecule has 25 heavy (non-hydrogen) atoms. The molecule has 0 amide bonds. The maximum atomic E-state index is 5.64. The Kier molecular flexibility index (Phi) is 4.15. The van der Waals surface area contributed by atoms with E-state index in [4.69, 9.17) is 13.9 Å². The van der Waals surface area contributed by atoms with Gasteiger partial charge in [-0.1, -0.05) is 12.1 Å². The summed E-state index contributed by atoms with van der Waals surface area (Å²) >= 11 is 0. The van der Waals surface area contributed by atoms with E-state index >= 15 is 0 Å². The van der Waals surface area contributed by atoms with Gasteiger partial charge in [0.25, 0.3) is 0 Å². The second-order valence-corrected chi connectivity index (χ2v) is 6.10. The Morgan fingerprint density at radius 1 is 1.08 bits per heavy atom. The van der Waals surface area contributed by atoms with E-state index < -0.39 is 0 Å². The van der Waals surface area contributed by atoms with E-state index in [-0.39, 0.29) is 6.79 Å². The summed E-state index contributed by atoms with van der Waals surface area (Å²) in [7, 11) is 1.98. The third-order valence-electron chi connectivity index (χ3n) is 4.38. The molecule has 7 heteroatoms. The lowest BCUT2D eigenvalue weighted by Gasteiger charge is -2.21. The first kappa shape index (κ1) is 15.7. The summed E-state index contributed by atoms with van der Waals surface area (Å²) in [5, 5.41) is 8.43. The number of rotatable bonds is 6. The molecule has 1 aliphatic rings. The van der Waals surface area contributed by atoms with Crippen LogP contribution in [0.5, 0.6) is 11.5 Å². The van der Waals surface area contributed by atoms with Crippen LogP contribution in [0.3, 0.4) is 0 Å². The molecule has 3 aromatic rings. The molecule has 0 fully saturated rings. The minimum atomic E-state index is 0.271. The van der Waals surface area contributed by atoms with Gasteiger partial charge in [0.2, 0.25) is 6.79 Å². The summed E-state index contributed by atoms with van der Waals surface area (Å²) in [4.78, 5) is 2.25. The number of para-hydroxylation sites is 1. The van der Waals surface area contributed by atoms with Crippen molar-refractivity contribution in [1.82, 2.24) is 19.7 Å². The minimum Gasteiger partial charge on any atom is -0.468 e. The molecule has 0 spiro atoms. The summed E-state index contributed by atoms with van der Waals surface area (Å²) in [5.74, 6) is 4.33. The Balaban J connectivity index is 1.59. The minimum absolute atomic E-state index is 0.271. The van der Waals surface area contributed by atoms with E-state index in [9.17, 15) is 0 Å². The van der Waals surface area contributed by atoms with Crippen LogP contribution in [-0.4, -0.2) is 26.5 Å². The molecule has 0 bridgehead atoms. The van der Waals surface area contributed by atoms with Gasteiger partial charge in [-0.3, -0.25) is 4.90 Å². The Hall–Kier alpha value is -2.80. The van der Waals surface area contributed by atoms with Gasteiger partial charge in [-0.05, 0) is 25.1 Å². The number of fused-ring (bicyclic) bond motifs is 1. The summed E-state index contributed by atoms with van der Waals surface area (Å²) in [5.41, 5.74) is 1.08. The van der Waals surface area contributed by atoms with E-state index in [1.807, 2.05) is 42.8 Å². The van der Waals surface area contributed by atoms with Crippen LogP contribution >= 0.6 is 0 Å². The van der Waals surface area contributed by atoms with E-state index in [0.717, 1.165) is 34.5 Å². The fraction of sp³-hybridized carbons (Fsp3) is 0.333. The van der Waals surface area contributed by atoms with Crippen LogP contribution in [0.1, 0.15) is 23.0 Å². The number of nitrogens with zero attached hydrogens (tertiary/aromatic N) is 4. The van der Waals surface area contributed by atoms with Gasteiger partial charge in [0.1, 0.15) is 17.4 Å². The SMILES string of the molecule is Cc1nnc(CN(Cc2ccco2)Cc2cccc3c2OCO3)n1C. The number of ether oxygens (including phenoxy) is 2. The zero-order valence-electron chi connectivity index (χ0n) is 14.3. The number of benzene rings is 1. The Morgan fingerprint density at radius 2 is 2.00 bits per heavy atom. The predicted octanol–water partition coefficient (Wildman–Crippen LogP) is 2.65. The van der Waals surface area contributed by atoms with Gasteiger partial charge in [0.15, 0.2) is 11.5 Å². The highest BCUT2D eigenvalue weighted by molar-refractivity contribution is 5.48. The first-order chi connectivity index (χ1) is 12.2. The molecule has 0 atom stereocenters. The van der Waals surface area contributed by atoms with Crippen LogP contribution in [0, 0.1) is 6.92 Å². The van der Waals surface area contributed by atoms with Crippen LogP contribution in [0.25, 0.3) is 0 Å². The molecule has 130 valence electrons. The second-order valence-electron chi connectivity index (χ2n) is 6.10. The van der Waals surface area contributed by atoms with Crippen molar-refractivity contribution in [2.24, 2.45) is 7.05 Å². The quantitative estimate of drug-likeness (QED) is 0.687. The average Bonchev–Trinajstić information content (AvgIpc) is 3.34. The Labute approximate surface area is 145 Å². The van der Waals surface area contributed by atoms with Crippen molar-refractivity contribution in [3.05, 3.63) is 59.6 Å². The molecule has 0 saturated carbocycles. The topological polar surface area (TPSA) is 65.6 Å². The predicted molar refractivity (Wildman–Crippen MR) is 90.0 cm³/mol. The summed E-state index contributed by atoms with van der Waals surface area (Å²) < 4.78 is 18.7. The van der Waals surface area contributed by atoms with Crippen molar-refractivity contribution in [3.8, 4) is 11.5 Å². The lowest BCUT2D eigenvalue weighted by molar-refractivity contribution is 0.170. The fourth-order valence-electron chi connectivity index (χ4n) is 2.94. The third kappa shape index (κ3) is 3.23. The molecule has 0 unspecified atom stereocenters. The van der Waals surface area contributed by atoms with Gasteiger partial charge in [0.05, 0.1) is 19.4 Å². The molecule has 0 saturated heterocycles. The molecular weight excluding hydrogens is 320 g/mol. The molecule has 0 N–H and O–H groups in total. The maximum Gasteiger partial charge on any atom is 0.231 e. The number of hydrogen-bond acceptors (Lipinski definition) is 6. The van der Waals surface area contributed by atoms with Crippen molar-refractivity contribution in [2.75, 3.05) is 6.79 Å². The molecule has 2 aromatic heterocycles. The van der Waals surface area contributed by atoms with Gasteiger partial charge >= 0.3 is 0 Å². The van der Waals surface area contributed by atoms with Crippen LogP contribution in [-0.2, 0) is 26.7 Å². The van der Waals surface area contributed by atoms with E-state index in [0.29, 0.717) is 19.6 Å². The smallest absolute Gasteiger partial charge is 0.231 e. The monoisotopic (exact) mass is 340 g/mol. The molecule has 1 aliphatic heterocycles. The molecule has 0 aliphatic carbocycles. The molecule has 1 aromatic carbocycles. The maximum absolute atomic E-state index is 5.64. The van der Waals surface area contributed by atoms with E-state index in [2.05, 4.69) is 21.2 Å². The molecule has 0 radical (unpaired) electrons. The summed E-state index contributed by atoms with van der Waals surface area (Å²) in [6.07, 6.45) is 1.69. The second kappa shape index (κ2) is 6.60. The number of aryl methyl sites for hydroxylation is 1. The Bertz CT molecular complexity index is 857. The van der Waals surface area contributed by atoms with Crippen molar-refractivity contribution >= 4 is 0 Å². The van der Waals surface area contributed by atoms with Gasteiger partial charge in [0, 0.05) is 19.2 Å². The zero-order valence-corrected chi connectivity index (χ0v) is 14.3. The number of furan rings is 1. The number of hydrogen-bond donors (Lipinski definition) is 0. The van der Waals surface area contributed by atoms with Crippen LogP contribution in [0.2, 0.25) is 0 Å². The first-order valence-electron chi connectivity index (χ1n) is 8.18. The van der Waals surface area contributed by atoms with E-state index in [1.165, 1.54) is 0 Å². The van der Waals surface area contributed by atoms with Crippen LogP contribution in [0.15, 0.2) is 41.0 Å². The standard InChI is InChI=1S/C18H20N4O3/c1-13-19-20-17(21(13)2)11-22(10-15-6-4-8-23-15)9-14-5-3-7-16-18(14)25-12-24-16/h3-8H,9-12H2,1-2H3. The van der Waals surface area contributed by atoms with Gasteiger partial charge in [-0.2, -0.15) is 0 Å². The average molecular weight is 340 g/mol. The third-order valence-corrected chi connectivity index (χ3v) is 4.38. The van der Waals surface area contributed by atoms with Crippen LogP contribution < -0.4 is 9.47 Å². The highest BCUT2D eigenvalue weighted by atomic mass is 16.7.